The molecule has 154 valence electrons. The molecule has 0 aromatic heterocycles. The number of carbonyl (C=O) groups is 1. The number of fused-ring (bicyclic) bond motifs is 1. The quantitative estimate of drug-likeness (QED) is 0.809. The Labute approximate surface area is 176 Å². The minimum Gasteiger partial charge on any atom is -0.320 e. The zero-order chi connectivity index (χ0) is 20.4. The SMILES string of the molecule is Cc1ccc(S(=O)(=O)N2CCC3C(C2)SCCN3C(=O)Nc2ccccc2)cc1. The third kappa shape index (κ3) is 4.29. The van der Waals surface area contributed by atoms with E-state index in [2.05, 4.69) is 5.32 Å². The number of nitrogens with zero attached hydrogens (tertiary/aromatic N) is 2. The van der Waals surface area contributed by atoms with E-state index in [0.29, 0.717) is 31.0 Å². The number of carbonyl (C=O) groups excluding carboxylic acids is 1. The lowest BCUT2D eigenvalue weighted by atomic mass is 10.0. The molecule has 4 rings (SSSR count). The molecule has 8 heteroatoms. The second-order valence-corrected chi connectivity index (χ2v) is 10.7. The van der Waals surface area contributed by atoms with Gasteiger partial charge in [0.05, 0.1) is 4.90 Å². The van der Waals surface area contributed by atoms with Gasteiger partial charge in [-0.15, -0.1) is 0 Å². The summed E-state index contributed by atoms with van der Waals surface area (Å²) in [6.07, 6.45) is 0.644. The van der Waals surface area contributed by atoms with Crippen LogP contribution in [-0.4, -0.2) is 60.3 Å². The molecule has 2 atom stereocenters. The van der Waals surface area contributed by atoms with Crippen molar-refractivity contribution >= 4 is 33.5 Å². The fourth-order valence-corrected chi connectivity index (χ4v) is 6.88. The number of benzene rings is 2. The van der Waals surface area contributed by atoms with E-state index in [1.165, 1.54) is 0 Å². The van der Waals surface area contributed by atoms with Crippen molar-refractivity contribution in [2.24, 2.45) is 0 Å². The molecule has 2 aliphatic heterocycles. The third-order valence-corrected chi connectivity index (χ3v) is 8.69. The van der Waals surface area contributed by atoms with Gasteiger partial charge in [0.2, 0.25) is 10.0 Å². The number of hydrogen-bond donors (Lipinski definition) is 1. The van der Waals surface area contributed by atoms with E-state index in [-0.39, 0.29) is 17.3 Å². The number of anilines is 1. The molecule has 2 unspecified atom stereocenters. The summed E-state index contributed by atoms with van der Waals surface area (Å²) >= 11 is 1.76. The Balaban J connectivity index is 1.46. The van der Waals surface area contributed by atoms with Crippen LogP contribution in [0, 0.1) is 6.92 Å². The Morgan fingerprint density at radius 3 is 2.52 bits per heavy atom. The van der Waals surface area contributed by atoms with E-state index in [1.807, 2.05) is 54.3 Å². The second kappa shape index (κ2) is 8.38. The highest BCUT2D eigenvalue weighted by Gasteiger charge is 2.42. The molecule has 2 saturated heterocycles. The fraction of sp³-hybridized carbons (Fsp3) is 0.381. The number of piperidine rings is 1. The maximum atomic E-state index is 13.1. The van der Waals surface area contributed by atoms with Crippen molar-refractivity contribution in [1.29, 1.82) is 0 Å². The van der Waals surface area contributed by atoms with Gasteiger partial charge < -0.3 is 10.2 Å². The Bertz CT molecular complexity index is 964. The lowest BCUT2D eigenvalue weighted by Gasteiger charge is -2.46. The van der Waals surface area contributed by atoms with Crippen molar-refractivity contribution < 1.29 is 13.2 Å². The summed E-state index contributed by atoms with van der Waals surface area (Å²) < 4.78 is 27.7. The van der Waals surface area contributed by atoms with E-state index < -0.39 is 10.0 Å². The number of sulfonamides is 1. The standard InChI is InChI=1S/C21H25N3O3S2/c1-16-7-9-18(10-8-16)29(26,27)23-12-11-19-20(15-23)28-14-13-24(19)21(25)22-17-5-3-2-4-6-17/h2-10,19-20H,11-15H2,1H3,(H,22,25). The summed E-state index contributed by atoms with van der Waals surface area (Å²) in [6.45, 7) is 3.47. The van der Waals surface area contributed by atoms with E-state index >= 15 is 0 Å². The molecule has 0 saturated carbocycles. The number of rotatable bonds is 3. The molecule has 0 aliphatic carbocycles. The number of thioether (sulfide) groups is 1. The van der Waals surface area contributed by atoms with Crippen LogP contribution in [0.1, 0.15) is 12.0 Å². The van der Waals surface area contributed by atoms with Crippen LogP contribution >= 0.6 is 11.8 Å². The molecule has 0 spiro atoms. The fourth-order valence-electron chi connectivity index (χ4n) is 3.91. The normalized spacial score (nSPS) is 22.7. The van der Waals surface area contributed by atoms with Crippen LogP contribution in [0.15, 0.2) is 59.5 Å². The van der Waals surface area contributed by atoms with Gasteiger partial charge in [0.25, 0.3) is 0 Å². The number of para-hydroxylation sites is 1. The van der Waals surface area contributed by atoms with Crippen LogP contribution < -0.4 is 5.32 Å². The zero-order valence-corrected chi connectivity index (χ0v) is 18.0. The van der Waals surface area contributed by atoms with Gasteiger partial charge in [-0.05, 0) is 37.6 Å². The van der Waals surface area contributed by atoms with Crippen molar-refractivity contribution in [3.8, 4) is 0 Å². The van der Waals surface area contributed by atoms with Gasteiger partial charge in [-0.3, -0.25) is 0 Å². The predicted octanol–water partition coefficient (Wildman–Crippen LogP) is 3.41. The van der Waals surface area contributed by atoms with Gasteiger partial charge in [0.1, 0.15) is 0 Å². The van der Waals surface area contributed by atoms with Gasteiger partial charge in [-0.2, -0.15) is 16.1 Å². The van der Waals surface area contributed by atoms with E-state index in [1.54, 1.807) is 28.2 Å². The largest absolute Gasteiger partial charge is 0.322 e. The first kappa shape index (κ1) is 20.3. The highest BCUT2D eigenvalue weighted by atomic mass is 32.2. The first-order chi connectivity index (χ1) is 13.9. The molecule has 2 aromatic carbocycles. The van der Waals surface area contributed by atoms with Gasteiger partial charge in [-0.1, -0.05) is 35.9 Å². The second-order valence-electron chi connectivity index (χ2n) is 7.43. The maximum Gasteiger partial charge on any atom is 0.322 e. The van der Waals surface area contributed by atoms with E-state index in [9.17, 15) is 13.2 Å². The van der Waals surface area contributed by atoms with Crippen LogP contribution in [0.2, 0.25) is 0 Å². The predicted molar refractivity (Wildman–Crippen MR) is 117 cm³/mol. The molecular weight excluding hydrogens is 406 g/mol. The molecule has 2 heterocycles. The number of urea groups is 1. The number of nitrogens with one attached hydrogen (secondary N) is 1. The number of aryl methyl sites for hydroxylation is 1. The highest BCUT2D eigenvalue weighted by molar-refractivity contribution is 8.00. The van der Waals surface area contributed by atoms with Gasteiger partial charge >= 0.3 is 6.03 Å². The summed E-state index contributed by atoms with van der Waals surface area (Å²) in [5.41, 5.74) is 1.80. The van der Waals surface area contributed by atoms with Crippen LogP contribution in [0.4, 0.5) is 10.5 Å². The summed E-state index contributed by atoms with van der Waals surface area (Å²) in [5, 5.41) is 3.05. The number of amides is 2. The lowest BCUT2D eigenvalue weighted by molar-refractivity contribution is 0.160. The van der Waals surface area contributed by atoms with E-state index in [4.69, 9.17) is 0 Å². The summed E-state index contributed by atoms with van der Waals surface area (Å²) in [4.78, 5) is 15.0. The Hall–Kier alpha value is -2.03. The van der Waals surface area contributed by atoms with Crippen molar-refractivity contribution in [1.82, 2.24) is 9.21 Å². The van der Waals surface area contributed by atoms with Gasteiger partial charge in [0.15, 0.2) is 0 Å². The third-order valence-electron chi connectivity index (χ3n) is 5.50. The molecule has 6 nitrogen and oxygen atoms in total. The first-order valence-electron chi connectivity index (χ1n) is 9.76. The molecule has 2 aromatic rings. The average Bonchev–Trinajstić information content (AvgIpc) is 2.74. The van der Waals surface area contributed by atoms with Gasteiger partial charge in [0, 0.05) is 42.4 Å². The topological polar surface area (TPSA) is 69.7 Å². The van der Waals surface area contributed by atoms with Crippen LogP contribution in [0.5, 0.6) is 0 Å². The van der Waals surface area contributed by atoms with Crippen LogP contribution in [0.25, 0.3) is 0 Å². The smallest absolute Gasteiger partial charge is 0.320 e. The van der Waals surface area contributed by atoms with E-state index in [0.717, 1.165) is 17.0 Å². The first-order valence-corrected chi connectivity index (χ1v) is 12.2. The molecule has 0 radical (unpaired) electrons. The minimum atomic E-state index is -3.51. The van der Waals surface area contributed by atoms with Crippen molar-refractivity contribution in [2.45, 2.75) is 29.5 Å². The Morgan fingerprint density at radius 1 is 1.07 bits per heavy atom. The maximum absolute atomic E-state index is 13.1. The summed E-state index contributed by atoms with van der Waals surface area (Å²) in [7, 11) is -3.51. The molecular formula is C21H25N3O3S2. The van der Waals surface area contributed by atoms with Crippen molar-refractivity contribution in [2.75, 3.05) is 30.7 Å². The summed E-state index contributed by atoms with van der Waals surface area (Å²) in [5.74, 6) is 0.807. The lowest BCUT2D eigenvalue weighted by Crippen LogP contribution is -2.59. The molecule has 2 amide bonds. The molecule has 2 fully saturated rings. The Morgan fingerprint density at radius 2 is 1.79 bits per heavy atom. The number of hydrogen-bond acceptors (Lipinski definition) is 4. The molecule has 1 N–H and O–H groups in total. The zero-order valence-electron chi connectivity index (χ0n) is 16.3. The summed E-state index contributed by atoms with van der Waals surface area (Å²) in [6, 6.07) is 16.3. The highest BCUT2D eigenvalue weighted by Crippen LogP contribution is 2.33. The van der Waals surface area contributed by atoms with Crippen LogP contribution in [-0.2, 0) is 10.0 Å². The molecule has 2 aliphatic rings. The molecule has 0 bridgehead atoms. The average molecular weight is 432 g/mol. The van der Waals surface area contributed by atoms with Crippen molar-refractivity contribution in [3.63, 3.8) is 0 Å². The van der Waals surface area contributed by atoms with Crippen LogP contribution in [0.3, 0.4) is 0 Å². The monoisotopic (exact) mass is 431 g/mol. The minimum absolute atomic E-state index is 0.0435. The van der Waals surface area contributed by atoms with Gasteiger partial charge in [-0.25, -0.2) is 13.2 Å². The molecule has 29 heavy (non-hydrogen) atoms. The van der Waals surface area contributed by atoms with Crippen molar-refractivity contribution in [3.05, 3.63) is 60.2 Å². The Kier molecular flexibility index (Phi) is 5.85.